The van der Waals surface area contributed by atoms with Gasteiger partial charge in [0, 0.05) is 37.4 Å². The standard InChI is InChI=1S/C18H29N3O.ClH/c1-22-18-4-2-3-17(13-18)20-16-7-11-21(12-8-16)14-15-5-9-19-10-6-15;/h2-4,13,15-16,19-20H,5-12,14H2,1H3;1H. The van der Waals surface area contributed by atoms with Crippen molar-refractivity contribution in [3.05, 3.63) is 24.3 Å². The van der Waals surface area contributed by atoms with Crippen molar-refractivity contribution in [2.45, 2.75) is 31.7 Å². The highest BCUT2D eigenvalue weighted by atomic mass is 35.5. The second-order valence-electron chi connectivity index (χ2n) is 6.64. The molecule has 130 valence electrons. The first kappa shape index (κ1) is 18.4. The molecular formula is C18H30ClN3O. The molecule has 2 saturated heterocycles. The maximum atomic E-state index is 5.29. The molecule has 3 rings (SSSR count). The minimum Gasteiger partial charge on any atom is -0.497 e. The predicted octanol–water partition coefficient (Wildman–Crippen LogP) is 2.99. The highest BCUT2D eigenvalue weighted by Crippen LogP contribution is 2.22. The monoisotopic (exact) mass is 339 g/mol. The number of rotatable bonds is 5. The molecule has 0 amide bonds. The lowest BCUT2D eigenvalue weighted by atomic mass is 9.96. The Balaban J connectivity index is 0.00000192. The van der Waals surface area contributed by atoms with E-state index >= 15 is 0 Å². The van der Waals surface area contributed by atoms with Crippen molar-refractivity contribution in [1.82, 2.24) is 10.2 Å². The van der Waals surface area contributed by atoms with Gasteiger partial charge in [-0.05, 0) is 56.8 Å². The van der Waals surface area contributed by atoms with Crippen LogP contribution in [0.15, 0.2) is 24.3 Å². The van der Waals surface area contributed by atoms with Crippen LogP contribution in [0.2, 0.25) is 0 Å². The van der Waals surface area contributed by atoms with Crippen molar-refractivity contribution >= 4 is 18.1 Å². The number of nitrogens with one attached hydrogen (secondary N) is 2. The SMILES string of the molecule is COc1cccc(NC2CCN(CC3CCNCC3)CC2)c1.Cl. The number of piperidine rings is 2. The molecule has 2 N–H and O–H groups in total. The van der Waals surface area contributed by atoms with Gasteiger partial charge in [0.2, 0.25) is 0 Å². The minimum atomic E-state index is 0. The molecule has 0 spiro atoms. The molecule has 2 heterocycles. The van der Waals surface area contributed by atoms with E-state index in [2.05, 4.69) is 27.7 Å². The van der Waals surface area contributed by atoms with Crippen LogP contribution in [0.25, 0.3) is 0 Å². The Bertz CT molecular complexity index is 457. The van der Waals surface area contributed by atoms with Gasteiger partial charge in [0.1, 0.15) is 5.75 Å². The number of ether oxygens (including phenoxy) is 1. The molecule has 0 aromatic heterocycles. The van der Waals surface area contributed by atoms with Gasteiger partial charge in [-0.1, -0.05) is 6.07 Å². The Morgan fingerprint density at radius 1 is 1.17 bits per heavy atom. The fraction of sp³-hybridized carbons (Fsp3) is 0.667. The van der Waals surface area contributed by atoms with Gasteiger partial charge in [-0.3, -0.25) is 0 Å². The summed E-state index contributed by atoms with van der Waals surface area (Å²) in [6, 6.07) is 8.85. The van der Waals surface area contributed by atoms with Gasteiger partial charge < -0.3 is 20.3 Å². The highest BCUT2D eigenvalue weighted by molar-refractivity contribution is 5.85. The molecule has 0 atom stereocenters. The number of anilines is 1. The summed E-state index contributed by atoms with van der Waals surface area (Å²) in [6.45, 7) is 6.17. The van der Waals surface area contributed by atoms with Gasteiger partial charge in [0.15, 0.2) is 0 Å². The van der Waals surface area contributed by atoms with Gasteiger partial charge in [0.05, 0.1) is 7.11 Å². The van der Waals surface area contributed by atoms with Crippen molar-refractivity contribution in [3.8, 4) is 5.75 Å². The van der Waals surface area contributed by atoms with Crippen LogP contribution in [-0.4, -0.2) is 50.8 Å². The molecule has 1 aromatic rings. The van der Waals surface area contributed by atoms with Crippen molar-refractivity contribution in [3.63, 3.8) is 0 Å². The molecule has 2 fully saturated rings. The van der Waals surface area contributed by atoms with Crippen molar-refractivity contribution < 1.29 is 4.74 Å². The van der Waals surface area contributed by atoms with E-state index in [0.29, 0.717) is 6.04 Å². The summed E-state index contributed by atoms with van der Waals surface area (Å²) in [5, 5.41) is 7.12. The molecule has 1 aromatic carbocycles. The average Bonchev–Trinajstić information content (AvgIpc) is 2.58. The van der Waals surface area contributed by atoms with Gasteiger partial charge in [-0.15, -0.1) is 12.4 Å². The fourth-order valence-corrected chi connectivity index (χ4v) is 3.64. The van der Waals surface area contributed by atoms with Crippen molar-refractivity contribution in [2.75, 3.05) is 45.2 Å². The number of nitrogens with zero attached hydrogens (tertiary/aromatic N) is 1. The zero-order valence-corrected chi connectivity index (χ0v) is 14.9. The molecule has 2 aliphatic rings. The quantitative estimate of drug-likeness (QED) is 0.864. The third-order valence-electron chi connectivity index (χ3n) is 5.00. The van der Waals surface area contributed by atoms with Crippen LogP contribution in [0.1, 0.15) is 25.7 Å². The largest absolute Gasteiger partial charge is 0.497 e. The first-order valence-electron chi connectivity index (χ1n) is 8.67. The summed E-state index contributed by atoms with van der Waals surface area (Å²) in [7, 11) is 1.72. The lowest BCUT2D eigenvalue weighted by Gasteiger charge is -2.36. The zero-order chi connectivity index (χ0) is 15.2. The predicted molar refractivity (Wildman–Crippen MR) is 98.9 cm³/mol. The van der Waals surface area contributed by atoms with Gasteiger partial charge in [0.25, 0.3) is 0 Å². The minimum absolute atomic E-state index is 0. The van der Waals surface area contributed by atoms with Crippen LogP contribution in [-0.2, 0) is 0 Å². The first-order valence-corrected chi connectivity index (χ1v) is 8.67. The Kier molecular flexibility index (Phi) is 7.47. The number of methoxy groups -OCH3 is 1. The van der Waals surface area contributed by atoms with Crippen molar-refractivity contribution in [2.24, 2.45) is 5.92 Å². The molecule has 0 unspecified atom stereocenters. The lowest BCUT2D eigenvalue weighted by Crippen LogP contribution is -2.43. The summed E-state index contributed by atoms with van der Waals surface area (Å²) in [6.07, 6.45) is 5.17. The van der Waals surface area contributed by atoms with Crippen LogP contribution < -0.4 is 15.4 Å². The number of likely N-dealkylation sites (tertiary alicyclic amines) is 1. The molecule has 0 saturated carbocycles. The molecule has 0 radical (unpaired) electrons. The van der Waals surface area contributed by atoms with E-state index in [1.165, 1.54) is 64.1 Å². The Labute approximate surface area is 146 Å². The summed E-state index contributed by atoms with van der Waals surface area (Å²) in [5.41, 5.74) is 1.18. The summed E-state index contributed by atoms with van der Waals surface area (Å²) in [4.78, 5) is 2.67. The van der Waals surface area contributed by atoms with E-state index < -0.39 is 0 Å². The molecule has 0 aliphatic carbocycles. The number of halogens is 1. The smallest absolute Gasteiger partial charge is 0.120 e. The zero-order valence-electron chi connectivity index (χ0n) is 14.1. The topological polar surface area (TPSA) is 36.5 Å². The van der Waals surface area contributed by atoms with Crippen LogP contribution in [0, 0.1) is 5.92 Å². The number of hydrogen-bond acceptors (Lipinski definition) is 4. The third kappa shape index (κ3) is 5.55. The van der Waals surface area contributed by atoms with Gasteiger partial charge in [-0.25, -0.2) is 0 Å². The van der Waals surface area contributed by atoms with Crippen LogP contribution >= 0.6 is 12.4 Å². The fourth-order valence-electron chi connectivity index (χ4n) is 3.64. The van der Waals surface area contributed by atoms with E-state index in [1.807, 2.05) is 12.1 Å². The Morgan fingerprint density at radius 2 is 1.91 bits per heavy atom. The molecular weight excluding hydrogens is 310 g/mol. The third-order valence-corrected chi connectivity index (χ3v) is 5.00. The van der Waals surface area contributed by atoms with E-state index in [0.717, 1.165) is 11.7 Å². The van der Waals surface area contributed by atoms with Crippen molar-refractivity contribution in [1.29, 1.82) is 0 Å². The lowest BCUT2D eigenvalue weighted by molar-refractivity contribution is 0.171. The summed E-state index contributed by atoms with van der Waals surface area (Å²) in [5.74, 6) is 1.83. The van der Waals surface area contributed by atoms with Crippen LogP contribution in [0.5, 0.6) is 5.75 Å². The van der Waals surface area contributed by atoms with Crippen LogP contribution in [0.4, 0.5) is 5.69 Å². The average molecular weight is 340 g/mol. The molecule has 4 nitrogen and oxygen atoms in total. The maximum absolute atomic E-state index is 5.29. The maximum Gasteiger partial charge on any atom is 0.120 e. The molecule has 23 heavy (non-hydrogen) atoms. The Hall–Kier alpha value is -0.970. The number of benzene rings is 1. The highest BCUT2D eigenvalue weighted by Gasteiger charge is 2.22. The number of hydrogen-bond donors (Lipinski definition) is 2. The molecule has 2 aliphatic heterocycles. The van der Waals surface area contributed by atoms with E-state index in [1.54, 1.807) is 7.11 Å². The second kappa shape index (κ2) is 9.36. The second-order valence-corrected chi connectivity index (χ2v) is 6.64. The summed E-state index contributed by atoms with van der Waals surface area (Å²) >= 11 is 0. The van der Waals surface area contributed by atoms with E-state index in [4.69, 9.17) is 4.74 Å². The van der Waals surface area contributed by atoms with Crippen LogP contribution in [0.3, 0.4) is 0 Å². The van der Waals surface area contributed by atoms with E-state index in [9.17, 15) is 0 Å². The van der Waals surface area contributed by atoms with E-state index in [-0.39, 0.29) is 12.4 Å². The normalized spacial score (nSPS) is 20.7. The van der Waals surface area contributed by atoms with Gasteiger partial charge >= 0.3 is 0 Å². The molecule has 5 heteroatoms. The summed E-state index contributed by atoms with van der Waals surface area (Å²) < 4.78 is 5.29. The first-order chi connectivity index (χ1) is 10.8. The Morgan fingerprint density at radius 3 is 2.61 bits per heavy atom. The van der Waals surface area contributed by atoms with Gasteiger partial charge in [-0.2, -0.15) is 0 Å². The molecule has 0 bridgehead atoms.